The molecule has 0 aliphatic heterocycles. The number of carbonyl (C=O) groups excluding carboxylic acids is 1. The number of carbonyl (C=O) groups is 1. The molecule has 0 saturated carbocycles. The molecule has 0 fully saturated rings. The molecular formula is C15H17BrN2O2. The van der Waals surface area contributed by atoms with Crippen molar-refractivity contribution in [3.05, 3.63) is 45.7 Å². The fourth-order valence-corrected chi connectivity index (χ4v) is 2.69. The summed E-state index contributed by atoms with van der Waals surface area (Å²) in [4.78, 5) is 12.4. The van der Waals surface area contributed by atoms with Gasteiger partial charge in [0.25, 0.3) is 0 Å². The lowest BCUT2D eigenvalue weighted by Crippen LogP contribution is -2.11. The van der Waals surface area contributed by atoms with E-state index in [1.165, 1.54) is 0 Å². The molecule has 0 aliphatic rings. The zero-order valence-corrected chi connectivity index (χ0v) is 13.4. The molecule has 0 N–H and O–H groups in total. The maximum atomic E-state index is 12.4. The van der Waals surface area contributed by atoms with Gasteiger partial charge in [0.15, 0.2) is 5.78 Å². The topological polar surface area (TPSA) is 44.1 Å². The van der Waals surface area contributed by atoms with Gasteiger partial charge in [-0.2, -0.15) is 5.10 Å². The Morgan fingerprint density at radius 2 is 2.15 bits per heavy atom. The third kappa shape index (κ3) is 3.10. The van der Waals surface area contributed by atoms with E-state index in [1.54, 1.807) is 11.8 Å². The second kappa shape index (κ2) is 6.22. The Morgan fingerprint density at radius 3 is 2.75 bits per heavy atom. The summed E-state index contributed by atoms with van der Waals surface area (Å²) in [6, 6.07) is 7.51. The van der Waals surface area contributed by atoms with Gasteiger partial charge in [0.2, 0.25) is 0 Å². The van der Waals surface area contributed by atoms with Crippen molar-refractivity contribution < 1.29 is 9.53 Å². The van der Waals surface area contributed by atoms with Crippen LogP contribution in [0, 0.1) is 6.92 Å². The van der Waals surface area contributed by atoms with Crippen LogP contribution in [-0.2, 0) is 13.0 Å². The third-order valence-corrected chi connectivity index (χ3v) is 3.69. The summed E-state index contributed by atoms with van der Waals surface area (Å²) < 4.78 is 7.78. The molecule has 20 heavy (non-hydrogen) atoms. The predicted molar refractivity (Wildman–Crippen MR) is 81.4 cm³/mol. The van der Waals surface area contributed by atoms with Gasteiger partial charge in [0.05, 0.1) is 17.3 Å². The zero-order valence-electron chi connectivity index (χ0n) is 11.8. The highest BCUT2D eigenvalue weighted by molar-refractivity contribution is 9.10. The summed E-state index contributed by atoms with van der Waals surface area (Å²) in [5, 5.41) is 4.30. The van der Waals surface area contributed by atoms with Crippen LogP contribution < -0.4 is 4.74 Å². The fraction of sp³-hybridized carbons (Fsp3) is 0.333. The van der Waals surface area contributed by atoms with Crippen molar-refractivity contribution in [3.63, 3.8) is 0 Å². The van der Waals surface area contributed by atoms with Crippen molar-refractivity contribution in [3.8, 4) is 5.75 Å². The first-order chi connectivity index (χ1) is 9.55. The number of hydrogen-bond acceptors (Lipinski definition) is 3. The van der Waals surface area contributed by atoms with E-state index in [0.29, 0.717) is 18.7 Å². The van der Waals surface area contributed by atoms with Crippen LogP contribution in [0.1, 0.15) is 28.7 Å². The highest BCUT2D eigenvalue weighted by atomic mass is 79.9. The molecule has 0 spiro atoms. The summed E-state index contributed by atoms with van der Waals surface area (Å²) in [5.74, 6) is 0.833. The number of hydrogen-bond donors (Lipinski definition) is 0. The number of halogens is 1. The van der Waals surface area contributed by atoms with Gasteiger partial charge in [0, 0.05) is 13.0 Å². The van der Waals surface area contributed by atoms with Gasteiger partial charge in [-0.25, -0.2) is 0 Å². The maximum Gasteiger partial charge on any atom is 0.185 e. The highest BCUT2D eigenvalue weighted by Crippen LogP contribution is 2.26. The van der Waals surface area contributed by atoms with Crippen molar-refractivity contribution in [1.29, 1.82) is 0 Å². The van der Waals surface area contributed by atoms with Crippen molar-refractivity contribution in [2.75, 3.05) is 7.11 Å². The number of rotatable bonds is 5. The number of benzene rings is 1. The van der Waals surface area contributed by atoms with Crippen molar-refractivity contribution >= 4 is 21.7 Å². The van der Waals surface area contributed by atoms with Crippen LogP contribution in [0.15, 0.2) is 28.7 Å². The van der Waals surface area contributed by atoms with Gasteiger partial charge in [-0.05, 0) is 53.5 Å². The standard InChI is InChI=1S/C15H17BrN2O2/c1-4-18-13(7-10(2)17-18)14(19)9-11-5-6-15(20-3)12(16)8-11/h5-8H,4,9H2,1-3H3. The maximum absolute atomic E-state index is 12.4. The number of ketones is 1. The molecule has 0 unspecified atom stereocenters. The Balaban J connectivity index is 2.21. The molecule has 0 bridgehead atoms. The Morgan fingerprint density at radius 1 is 1.40 bits per heavy atom. The Kier molecular flexibility index (Phi) is 4.60. The molecule has 2 aromatic rings. The third-order valence-electron chi connectivity index (χ3n) is 3.07. The monoisotopic (exact) mass is 336 g/mol. The first kappa shape index (κ1) is 14.8. The molecule has 0 aliphatic carbocycles. The smallest absolute Gasteiger partial charge is 0.185 e. The van der Waals surface area contributed by atoms with E-state index >= 15 is 0 Å². The van der Waals surface area contributed by atoms with Crippen LogP contribution in [0.25, 0.3) is 0 Å². The molecule has 106 valence electrons. The summed E-state index contributed by atoms with van der Waals surface area (Å²) in [7, 11) is 1.62. The van der Waals surface area contributed by atoms with Crippen LogP contribution in [0.2, 0.25) is 0 Å². The normalized spacial score (nSPS) is 10.6. The number of methoxy groups -OCH3 is 1. The van der Waals surface area contributed by atoms with Crippen LogP contribution in [-0.4, -0.2) is 22.7 Å². The number of Topliss-reactive ketones (excluding diaryl/α,β-unsaturated/α-hetero) is 1. The van der Waals surface area contributed by atoms with E-state index in [4.69, 9.17) is 4.74 Å². The first-order valence-corrected chi connectivity index (χ1v) is 7.24. The summed E-state index contributed by atoms with van der Waals surface area (Å²) >= 11 is 3.43. The van der Waals surface area contributed by atoms with E-state index in [0.717, 1.165) is 21.5 Å². The van der Waals surface area contributed by atoms with Gasteiger partial charge in [-0.1, -0.05) is 6.07 Å². The predicted octanol–water partition coefficient (Wildman–Crippen LogP) is 3.41. The molecule has 0 amide bonds. The second-order valence-corrected chi connectivity index (χ2v) is 5.41. The second-order valence-electron chi connectivity index (χ2n) is 4.56. The average Bonchev–Trinajstić information content (AvgIpc) is 2.80. The van der Waals surface area contributed by atoms with Crippen molar-refractivity contribution in [2.24, 2.45) is 0 Å². The minimum absolute atomic E-state index is 0.0736. The Hall–Kier alpha value is -1.62. The molecule has 1 aromatic carbocycles. The average molecular weight is 337 g/mol. The lowest BCUT2D eigenvalue weighted by Gasteiger charge is -2.07. The van der Waals surface area contributed by atoms with Gasteiger partial charge in [0.1, 0.15) is 11.4 Å². The van der Waals surface area contributed by atoms with Gasteiger partial charge in [-0.3, -0.25) is 9.48 Å². The minimum atomic E-state index is 0.0736. The molecule has 1 heterocycles. The highest BCUT2D eigenvalue weighted by Gasteiger charge is 2.14. The number of nitrogens with zero attached hydrogens (tertiary/aromatic N) is 2. The molecule has 0 saturated heterocycles. The molecule has 0 atom stereocenters. The summed E-state index contributed by atoms with van der Waals surface area (Å²) in [6.07, 6.45) is 0.355. The van der Waals surface area contributed by atoms with Crippen LogP contribution in [0.3, 0.4) is 0 Å². The number of aryl methyl sites for hydroxylation is 2. The van der Waals surface area contributed by atoms with Crippen molar-refractivity contribution in [1.82, 2.24) is 9.78 Å². The van der Waals surface area contributed by atoms with E-state index in [9.17, 15) is 4.79 Å². The molecule has 1 aromatic heterocycles. The van der Waals surface area contributed by atoms with Crippen LogP contribution in [0.4, 0.5) is 0 Å². The summed E-state index contributed by atoms with van der Waals surface area (Å²) in [5.41, 5.74) is 2.48. The van der Waals surface area contributed by atoms with E-state index in [-0.39, 0.29) is 5.78 Å². The van der Waals surface area contributed by atoms with Gasteiger partial charge in [-0.15, -0.1) is 0 Å². The molecule has 5 heteroatoms. The Bertz CT molecular complexity index is 635. The van der Waals surface area contributed by atoms with Crippen molar-refractivity contribution in [2.45, 2.75) is 26.8 Å². The molecule has 0 radical (unpaired) electrons. The quantitative estimate of drug-likeness (QED) is 0.786. The molecular weight excluding hydrogens is 320 g/mol. The lowest BCUT2D eigenvalue weighted by atomic mass is 10.1. The zero-order chi connectivity index (χ0) is 14.7. The SMILES string of the molecule is CCn1nc(C)cc1C(=O)Cc1ccc(OC)c(Br)c1. The van der Waals surface area contributed by atoms with Crippen LogP contribution >= 0.6 is 15.9 Å². The fourth-order valence-electron chi connectivity index (χ4n) is 2.11. The van der Waals surface area contributed by atoms with Crippen LogP contribution in [0.5, 0.6) is 5.75 Å². The van der Waals surface area contributed by atoms with E-state index in [2.05, 4.69) is 21.0 Å². The molecule has 4 nitrogen and oxygen atoms in total. The van der Waals surface area contributed by atoms with E-state index in [1.807, 2.05) is 38.1 Å². The van der Waals surface area contributed by atoms with E-state index < -0.39 is 0 Å². The van der Waals surface area contributed by atoms with Gasteiger partial charge >= 0.3 is 0 Å². The number of ether oxygens (including phenoxy) is 1. The number of aromatic nitrogens is 2. The Labute approximate surface area is 126 Å². The molecule has 2 rings (SSSR count). The minimum Gasteiger partial charge on any atom is -0.496 e. The lowest BCUT2D eigenvalue weighted by molar-refractivity contribution is 0.0982. The largest absolute Gasteiger partial charge is 0.496 e. The first-order valence-electron chi connectivity index (χ1n) is 6.45. The van der Waals surface area contributed by atoms with Gasteiger partial charge < -0.3 is 4.74 Å². The summed E-state index contributed by atoms with van der Waals surface area (Å²) in [6.45, 7) is 4.57.